The number of halogens is 2. The van der Waals surface area contributed by atoms with Crippen LogP contribution in [0.3, 0.4) is 0 Å². The van der Waals surface area contributed by atoms with Gasteiger partial charge in [-0.3, -0.25) is 4.79 Å². The molecule has 100 valence electrons. The van der Waals surface area contributed by atoms with Crippen molar-refractivity contribution in [2.45, 2.75) is 26.8 Å². The first-order chi connectivity index (χ1) is 8.32. The summed E-state index contributed by atoms with van der Waals surface area (Å²) in [6.45, 7) is 5.28. The van der Waals surface area contributed by atoms with Crippen LogP contribution < -0.4 is 4.90 Å². The van der Waals surface area contributed by atoms with E-state index in [-0.39, 0.29) is 18.3 Å². The van der Waals surface area contributed by atoms with E-state index < -0.39 is 23.5 Å². The maximum atomic E-state index is 13.7. The maximum absolute atomic E-state index is 13.7. The maximum Gasteiger partial charge on any atom is 0.308 e. The summed E-state index contributed by atoms with van der Waals surface area (Å²) in [6.07, 6.45) is 0. The molecule has 1 unspecified atom stereocenters. The van der Waals surface area contributed by atoms with E-state index in [1.165, 1.54) is 6.92 Å². The summed E-state index contributed by atoms with van der Waals surface area (Å²) < 4.78 is 26.8. The fourth-order valence-corrected chi connectivity index (χ4v) is 1.67. The van der Waals surface area contributed by atoms with Crippen molar-refractivity contribution in [3.05, 3.63) is 29.8 Å². The molecule has 0 radical (unpaired) electrons. The van der Waals surface area contributed by atoms with Crippen LogP contribution in [0.4, 0.5) is 14.5 Å². The monoisotopic (exact) mass is 257 g/mol. The second-order valence-corrected chi connectivity index (χ2v) is 4.58. The topological polar surface area (TPSA) is 40.5 Å². The third kappa shape index (κ3) is 3.42. The van der Waals surface area contributed by atoms with E-state index in [1.807, 2.05) is 0 Å². The lowest BCUT2D eigenvalue weighted by atomic mass is 10.1. The van der Waals surface area contributed by atoms with Crippen molar-refractivity contribution in [2.24, 2.45) is 5.92 Å². The van der Waals surface area contributed by atoms with Crippen LogP contribution in [0.15, 0.2) is 18.2 Å². The lowest BCUT2D eigenvalue weighted by Gasteiger charge is -2.30. The summed E-state index contributed by atoms with van der Waals surface area (Å²) in [5.74, 6) is -2.71. The summed E-state index contributed by atoms with van der Waals surface area (Å²) in [6, 6.07) is 3.05. The number of carboxylic acids is 1. The Morgan fingerprint density at radius 1 is 1.33 bits per heavy atom. The van der Waals surface area contributed by atoms with Crippen LogP contribution in [0.1, 0.15) is 20.8 Å². The van der Waals surface area contributed by atoms with Crippen LogP contribution >= 0.6 is 0 Å². The fourth-order valence-electron chi connectivity index (χ4n) is 1.67. The molecule has 1 aromatic rings. The summed E-state index contributed by atoms with van der Waals surface area (Å²) in [5, 5.41) is 8.89. The Bertz CT molecular complexity index is 435. The Kier molecular flexibility index (Phi) is 4.64. The zero-order valence-electron chi connectivity index (χ0n) is 10.7. The molecule has 0 aliphatic rings. The average molecular weight is 257 g/mol. The van der Waals surface area contributed by atoms with Gasteiger partial charge in [0.2, 0.25) is 0 Å². The van der Waals surface area contributed by atoms with Crippen LogP contribution in [0.25, 0.3) is 0 Å². The van der Waals surface area contributed by atoms with Gasteiger partial charge in [-0.25, -0.2) is 8.78 Å². The molecule has 0 aliphatic carbocycles. The molecule has 0 fully saturated rings. The first-order valence-corrected chi connectivity index (χ1v) is 5.77. The van der Waals surface area contributed by atoms with Gasteiger partial charge in [-0.15, -0.1) is 0 Å². The van der Waals surface area contributed by atoms with Gasteiger partial charge < -0.3 is 10.0 Å². The Balaban J connectivity index is 3.04. The van der Waals surface area contributed by atoms with Crippen molar-refractivity contribution in [3.63, 3.8) is 0 Å². The number of rotatable bonds is 5. The summed E-state index contributed by atoms with van der Waals surface area (Å²) >= 11 is 0. The SMILES string of the molecule is CC(CN(c1cc(F)ccc1F)C(C)C)C(=O)O. The van der Waals surface area contributed by atoms with Crippen LogP contribution in [-0.2, 0) is 4.79 Å². The molecular formula is C13H17F2NO2. The molecule has 18 heavy (non-hydrogen) atoms. The van der Waals surface area contributed by atoms with Crippen molar-refractivity contribution in [3.8, 4) is 0 Å². The molecule has 1 N–H and O–H groups in total. The highest BCUT2D eigenvalue weighted by Crippen LogP contribution is 2.23. The lowest BCUT2D eigenvalue weighted by molar-refractivity contribution is -0.140. The van der Waals surface area contributed by atoms with Crippen molar-refractivity contribution in [1.29, 1.82) is 0 Å². The standard InChI is InChI=1S/C13H17F2NO2/c1-8(2)16(7-9(3)13(17)18)12-6-10(14)4-5-11(12)15/h4-6,8-9H,7H2,1-3H3,(H,17,18). The van der Waals surface area contributed by atoms with E-state index >= 15 is 0 Å². The molecule has 0 heterocycles. The van der Waals surface area contributed by atoms with Gasteiger partial charge in [0, 0.05) is 18.7 Å². The molecule has 0 aromatic heterocycles. The van der Waals surface area contributed by atoms with Gasteiger partial charge in [0.1, 0.15) is 11.6 Å². The highest BCUT2D eigenvalue weighted by molar-refractivity contribution is 5.70. The Labute approximate surface area is 105 Å². The minimum atomic E-state index is -0.961. The number of hydrogen-bond acceptors (Lipinski definition) is 2. The highest BCUT2D eigenvalue weighted by Gasteiger charge is 2.21. The van der Waals surface area contributed by atoms with Gasteiger partial charge in [-0.1, -0.05) is 6.92 Å². The van der Waals surface area contributed by atoms with Crippen LogP contribution in [0.2, 0.25) is 0 Å². The van der Waals surface area contributed by atoms with Gasteiger partial charge in [0.25, 0.3) is 0 Å². The Hall–Kier alpha value is -1.65. The largest absolute Gasteiger partial charge is 0.481 e. The van der Waals surface area contributed by atoms with E-state index in [2.05, 4.69) is 0 Å². The quantitative estimate of drug-likeness (QED) is 0.881. The van der Waals surface area contributed by atoms with E-state index in [4.69, 9.17) is 5.11 Å². The molecule has 5 heteroatoms. The summed E-state index contributed by atoms with van der Waals surface area (Å²) in [4.78, 5) is 12.4. The number of aliphatic carboxylic acids is 1. The molecular weight excluding hydrogens is 240 g/mol. The summed E-state index contributed by atoms with van der Waals surface area (Å²) in [5.41, 5.74) is 0.0955. The molecule has 0 saturated heterocycles. The minimum Gasteiger partial charge on any atom is -0.481 e. The number of hydrogen-bond donors (Lipinski definition) is 1. The Morgan fingerprint density at radius 3 is 2.44 bits per heavy atom. The Morgan fingerprint density at radius 2 is 1.94 bits per heavy atom. The molecule has 0 spiro atoms. The smallest absolute Gasteiger partial charge is 0.308 e. The average Bonchev–Trinajstić information content (AvgIpc) is 2.28. The predicted molar refractivity (Wildman–Crippen MR) is 65.6 cm³/mol. The molecule has 0 amide bonds. The number of anilines is 1. The van der Waals surface area contributed by atoms with Crippen molar-refractivity contribution in [2.75, 3.05) is 11.4 Å². The van der Waals surface area contributed by atoms with Gasteiger partial charge in [0.15, 0.2) is 0 Å². The van der Waals surface area contributed by atoms with Gasteiger partial charge in [-0.2, -0.15) is 0 Å². The molecule has 0 saturated carbocycles. The second-order valence-electron chi connectivity index (χ2n) is 4.58. The number of nitrogens with zero attached hydrogens (tertiary/aromatic N) is 1. The van der Waals surface area contributed by atoms with Crippen LogP contribution in [0.5, 0.6) is 0 Å². The first kappa shape index (κ1) is 14.4. The lowest BCUT2D eigenvalue weighted by Crippen LogP contribution is -2.37. The molecule has 1 atom stereocenters. The van der Waals surface area contributed by atoms with E-state index in [0.29, 0.717) is 0 Å². The molecule has 0 bridgehead atoms. The van der Waals surface area contributed by atoms with Gasteiger partial charge >= 0.3 is 5.97 Å². The molecule has 1 aromatic carbocycles. The van der Waals surface area contributed by atoms with Gasteiger partial charge in [-0.05, 0) is 26.0 Å². The highest BCUT2D eigenvalue weighted by atomic mass is 19.1. The fraction of sp³-hybridized carbons (Fsp3) is 0.462. The number of carboxylic acid groups (broad SMARTS) is 1. The second kappa shape index (κ2) is 5.80. The number of carbonyl (C=O) groups is 1. The first-order valence-electron chi connectivity index (χ1n) is 5.77. The zero-order chi connectivity index (χ0) is 13.9. The molecule has 1 rings (SSSR count). The van der Waals surface area contributed by atoms with Crippen LogP contribution in [-0.4, -0.2) is 23.7 Å². The van der Waals surface area contributed by atoms with Crippen molar-refractivity contribution >= 4 is 11.7 Å². The third-order valence-corrected chi connectivity index (χ3v) is 2.73. The molecule has 3 nitrogen and oxygen atoms in total. The zero-order valence-corrected chi connectivity index (χ0v) is 10.7. The van der Waals surface area contributed by atoms with Crippen molar-refractivity contribution in [1.82, 2.24) is 0 Å². The molecule has 0 aliphatic heterocycles. The normalized spacial score (nSPS) is 12.6. The summed E-state index contributed by atoms with van der Waals surface area (Å²) in [7, 11) is 0. The number of benzene rings is 1. The van der Waals surface area contributed by atoms with Crippen LogP contribution in [0, 0.1) is 17.6 Å². The minimum absolute atomic E-state index is 0.0955. The van der Waals surface area contributed by atoms with E-state index in [1.54, 1.807) is 18.7 Å². The van der Waals surface area contributed by atoms with Crippen molar-refractivity contribution < 1.29 is 18.7 Å². The van der Waals surface area contributed by atoms with Gasteiger partial charge in [0.05, 0.1) is 11.6 Å². The van der Waals surface area contributed by atoms with E-state index in [0.717, 1.165) is 18.2 Å². The predicted octanol–water partition coefficient (Wildman–Crippen LogP) is 2.90. The third-order valence-electron chi connectivity index (χ3n) is 2.73. The van der Waals surface area contributed by atoms with E-state index in [9.17, 15) is 13.6 Å².